The summed E-state index contributed by atoms with van der Waals surface area (Å²) in [7, 11) is 0. The monoisotopic (exact) mass is 277 g/mol. The molecule has 4 fully saturated rings. The summed E-state index contributed by atoms with van der Waals surface area (Å²) < 4.78 is 0. The summed E-state index contributed by atoms with van der Waals surface area (Å²) in [5, 5.41) is 3.91. The molecule has 0 heterocycles. The van der Waals surface area contributed by atoms with Gasteiger partial charge < -0.3 is 5.32 Å². The topological polar surface area (TPSA) is 12.0 Å². The highest BCUT2D eigenvalue weighted by molar-refractivity contribution is 5.13. The lowest BCUT2D eigenvalue weighted by Crippen LogP contribution is -2.61. The average Bonchev–Trinajstić information content (AvgIpc) is 2.29. The highest BCUT2D eigenvalue weighted by atomic mass is 14.9. The van der Waals surface area contributed by atoms with Crippen LogP contribution in [0.3, 0.4) is 0 Å². The van der Waals surface area contributed by atoms with Crippen molar-refractivity contribution >= 4 is 0 Å². The van der Waals surface area contributed by atoms with Crippen molar-refractivity contribution in [2.45, 2.75) is 91.5 Å². The molecule has 1 nitrogen and oxygen atoms in total. The van der Waals surface area contributed by atoms with Gasteiger partial charge in [0.25, 0.3) is 0 Å². The molecule has 4 bridgehead atoms. The lowest BCUT2D eigenvalue weighted by atomic mass is 9.39. The van der Waals surface area contributed by atoms with Gasteiger partial charge in [-0.05, 0) is 73.7 Å². The molecule has 4 aliphatic carbocycles. The Hall–Kier alpha value is -0.0400. The fourth-order valence-corrected chi connectivity index (χ4v) is 7.20. The fourth-order valence-electron chi connectivity index (χ4n) is 7.20. The molecular weight excluding hydrogens is 242 g/mol. The van der Waals surface area contributed by atoms with Gasteiger partial charge in [0.15, 0.2) is 0 Å². The van der Waals surface area contributed by atoms with Gasteiger partial charge in [0.05, 0.1) is 0 Å². The first-order chi connectivity index (χ1) is 9.43. The van der Waals surface area contributed by atoms with Crippen molar-refractivity contribution in [3.05, 3.63) is 0 Å². The molecule has 0 aromatic rings. The predicted octanol–water partition coefficient (Wildman–Crippen LogP) is 5.15. The molecule has 116 valence electrons. The van der Waals surface area contributed by atoms with Gasteiger partial charge in [-0.2, -0.15) is 0 Å². The Morgan fingerprint density at radius 2 is 1.65 bits per heavy atom. The first-order valence-corrected chi connectivity index (χ1v) is 9.16. The molecule has 1 N–H and O–H groups in total. The number of hydrogen-bond acceptors (Lipinski definition) is 1. The Morgan fingerprint density at radius 1 is 1.00 bits per heavy atom. The third-order valence-electron chi connectivity index (χ3n) is 6.71. The minimum atomic E-state index is 0.633. The molecule has 4 rings (SSSR count). The van der Waals surface area contributed by atoms with E-state index in [1.165, 1.54) is 57.8 Å². The largest absolute Gasteiger partial charge is 0.314 e. The summed E-state index contributed by atoms with van der Waals surface area (Å²) in [4.78, 5) is 0. The summed E-state index contributed by atoms with van der Waals surface area (Å²) in [6.07, 6.45) is 13.2. The molecule has 4 saturated carbocycles. The summed E-state index contributed by atoms with van der Waals surface area (Å²) in [5.41, 5.74) is 1.95. The van der Waals surface area contributed by atoms with Gasteiger partial charge in [0, 0.05) is 6.04 Å². The van der Waals surface area contributed by atoms with Crippen LogP contribution < -0.4 is 5.32 Å². The SMILES string of the molecule is CCCCC(NCC)C12CC3CC(C)(CC(C)(C3)C1)C2. The van der Waals surface area contributed by atoms with Crippen molar-refractivity contribution < 1.29 is 0 Å². The van der Waals surface area contributed by atoms with Crippen LogP contribution in [0.4, 0.5) is 0 Å². The normalized spacial score (nSPS) is 47.7. The van der Waals surface area contributed by atoms with E-state index in [4.69, 9.17) is 0 Å². The van der Waals surface area contributed by atoms with Crippen molar-refractivity contribution in [3.8, 4) is 0 Å². The third kappa shape index (κ3) is 2.45. The molecular formula is C19H35N. The van der Waals surface area contributed by atoms with Gasteiger partial charge >= 0.3 is 0 Å². The lowest BCUT2D eigenvalue weighted by molar-refractivity contribution is -0.158. The molecule has 0 radical (unpaired) electrons. The molecule has 1 heteroatoms. The van der Waals surface area contributed by atoms with Gasteiger partial charge in [-0.3, -0.25) is 0 Å². The molecule has 4 aliphatic rings. The molecule has 20 heavy (non-hydrogen) atoms. The second kappa shape index (κ2) is 5.00. The Morgan fingerprint density at radius 3 is 2.15 bits per heavy atom. The molecule has 0 aromatic carbocycles. The van der Waals surface area contributed by atoms with Crippen molar-refractivity contribution in [1.82, 2.24) is 5.32 Å². The maximum Gasteiger partial charge on any atom is 0.0124 e. The molecule has 0 aromatic heterocycles. The van der Waals surface area contributed by atoms with Crippen LogP contribution in [0.15, 0.2) is 0 Å². The summed E-state index contributed by atoms with van der Waals surface area (Å²) in [5.74, 6) is 1.03. The van der Waals surface area contributed by atoms with E-state index in [0.717, 1.165) is 18.5 Å². The molecule has 3 unspecified atom stereocenters. The number of rotatable bonds is 6. The van der Waals surface area contributed by atoms with E-state index in [1.54, 1.807) is 0 Å². The maximum atomic E-state index is 3.91. The van der Waals surface area contributed by atoms with E-state index in [9.17, 15) is 0 Å². The number of nitrogens with one attached hydrogen (secondary N) is 1. The zero-order valence-electron chi connectivity index (χ0n) is 14.2. The second-order valence-electron chi connectivity index (χ2n) is 9.24. The zero-order chi connectivity index (χ0) is 14.4. The van der Waals surface area contributed by atoms with Crippen LogP contribution in [0, 0.1) is 22.2 Å². The first kappa shape index (κ1) is 14.9. The minimum Gasteiger partial charge on any atom is -0.314 e. The zero-order valence-corrected chi connectivity index (χ0v) is 14.2. The minimum absolute atomic E-state index is 0.633. The number of unbranched alkanes of at least 4 members (excludes halogenated alkanes) is 1. The Bertz CT molecular complexity index is 343. The molecule has 0 spiro atoms. The summed E-state index contributed by atoms with van der Waals surface area (Å²) in [6.45, 7) is 11.0. The summed E-state index contributed by atoms with van der Waals surface area (Å²) in [6, 6.07) is 0.787. The van der Waals surface area contributed by atoms with Crippen LogP contribution in [0.5, 0.6) is 0 Å². The van der Waals surface area contributed by atoms with Gasteiger partial charge in [-0.25, -0.2) is 0 Å². The highest BCUT2D eigenvalue weighted by Crippen LogP contribution is 2.70. The van der Waals surface area contributed by atoms with Gasteiger partial charge in [-0.15, -0.1) is 0 Å². The predicted molar refractivity (Wildman–Crippen MR) is 86.8 cm³/mol. The van der Waals surface area contributed by atoms with Crippen LogP contribution in [-0.2, 0) is 0 Å². The van der Waals surface area contributed by atoms with Crippen LogP contribution >= 0.6 is 0 Å². The van der Waals surface area contributed by atoms with Gasteiger partial charge in [0.2, 0.25) is 0 Å². The second-order valence-corrected chi connectivity index (χ2v) is 9.24. The van der Waals surface area contributed by atoms with Crippen molar-refractivity contribution in [2.75, 3.05) is 6.54 Å². The Balaban J connectivity index is 1.86. The van der Waals surface area contributed by atoms with Crippen LogP contribution in [-0.4, -0.2) is 12.6 Å². The molecule has 0 amide bonds. The standard InChI is InChI=1S/C19H35N/c1-5-7-8-16(20-6-2)19-11-15-9-17(3,13-19)12-18(4,10-15)14-19/h15-16,20H,5-14H2,1-4H3. The first-order valence-electron chi connectivity index (χ1n) is 9.16. The van der Waals surface area contributed by atoms with Crippen molar-refractivity contribution in [2.24, 2.45) is 22.2 Å². The smallest absolute Gasteiger partial charge is 0.0124 e. The van der Waals surface area contributed by atoms with Crippen molar-refractivity contribution in [1.29, 1.82) is 0 Å². The molecule has 3 atom stereocenters. The maximum absolute atomic E-state index is 3.91. The Labute approximate surface area is 126 Å². The Kier molecular flexibility index (Phi) is 3.72. The van der Waals surface area contributed by atoms with Gasteiger partial charge in [0.1, 0.15) is 0 Å². The quantitative estimate of drug-likeness (QED) is 0.708. The van der Waals surface area contributed by atoms with E-state index < -0.39 is 0 Å². The average molecular weight is 277 g/mol. The molecule has 0 aliphatic heterocycles. The van der Waals surface area contributed by atoms with E-state index in [-0.39, 0.29) is 0 Å². The summed E-state index contributed by atoms with van der Waals surface area (Å²) >= 11 is 0. The van der Waals surface area contributed by atoms with Crippen LogP contribution in [0.1, 0.15) is 85.5 Å². The van der Waals surface area contributed by atoms with Crippen LogP contribution in [0.25, 0.3) is 0 Å². The fraction of sp³-hybridized carbons (Fsp3) is 1.00. The lowest BCUT2D eigenvalue weighted by Gasteiger charge is -2.67. The van der Waals surface area contributed by atoms with Crippen LogP contribution in [0.2, 0.25) is 0 Å². The van der Waals surface area contributed by atoms with E-state index in [0.29, 0.717) is 16.2 Å². The highest BCUT2D eigenvalue weighted by Gasteiger charge is 2.61. The van der Waals surface area contributed by atoms with Gasteiger partial charge in [-0.1, -0.05) is 40.5 Å². The van der Waals surface area contributed by atoms with Crippen molar-refractivity contribution in [3.63, 3.8) is 0 Å². The van der Waals surface area contributed by atoms with E-state index in [1.807, 2.05) is 0 Å². The van der Waals surface area contributed by atoms with E-state index in [2.05, 4.69) is 33.0 Å². The third-order valence-corrected chi connectivity index (χ3v) is 6.71. The van der Waals surface area contributed by atoms with E-state index >= 15 is 0 Å². The number of hydrogen-bond donors (Lipinski definition) is 1. The molecule has 0 saturated heterocycles.